The van der Waals surface area contributed by atoms with E-state index in [1.54, 1.807) is 6.07 Å². The molecule has 0 radical (unpaired) electrons. The van der Waals surface area contributed by atoms with Crippen LogP contribution in [0.3, 0.4) is 0 Å². The van der Waals surface area contributed by atoms with Crippen molar-refractivity contribution in [3.63, 3.8) is 0 Å². The van der Waals surface area contributed by atoms with Gasteiger partial charge in [-0.3, -0.25) is 0 Å². The number of hydrogen-bond acceptors (Lipinski definition) is 2. The SMILES string of the molecule is COc1ccc(CCC(N)CC(C)C)cc1F. The van der Waals surface area contributed by atoms with Gasteiger partial charge < -0.3 is 10.5 Å². The molecule has 3 heteroatoms. The van der Waals surface area contributed by atoms with Crippen LogP contribution in [-0.2, 0) is 6.42 Å². The van der Waals surface area contributed by atoms with Gasteiger partial charge in [0.25, 0.3) is 0 Å². The van der Waals surface area contributed by atoms with Gasteiger partial charge in [0.05, 0.1) is 7.11 Å². The minimum atomic E-state index is -0.303. The zero-order valence-electron chi connectivity index (χ0n) is 10.9. The van der Waals surface area contributed by atoms with Gasteiger partial charge in [-0.2, -0.15) is 0 Å². The predicted molar refractivity (Wildman–Crippen MR) is 68.7 cm³/mol. The largest absolute Gasteiger partial charge is 0.494 e. The fourth-order valence-electron chi connectivity index (χ4n) is 1.94. The van der Waals surface area contributed by atoms with E-state index in [0.29, 0.717) is 11.7 Å². The van der Waals surface area contributed by atoms with Gasteiger partial charge in [-0.05, 0) is 42.9 Å². The maximum atomic E-state index is 13.4. The molecule has 1 aromatic rings. The van der Waals surface area contributed by atoms with Gasteiger partial charge >= 0.3 is 0 Å². The number of methoxy groups -OCH3 is 1. The predicted octanol–water partition coefficient (Wildman–Crippen LogP) is 3.14. The molecule has 0 aliphatic rings. The van der Waals surface area contributed by atoms with Gasteiger partial charge in [-0.25, -0.2) is 4.39 Å². The fourth-order valence-corrected chi connectivity index (χ4v) is 1.94. The Hall–Kier alpha value is -1.09. The highest BCUT2D eigenvalue weighted by Crippen LogP contribution is 2.19. The van der Waals surface area contributed by atoms with Crippen LogP contribution in [0.15, 0.2) is 18.2 Å². The van der Waals surface area contributed by atoms with Crippen LogP contribution in [0, 0.1) is 11.7 Å². The highest BCUT2D eigenvalue weighted by molar-refractivity contribution is 5.29. The molecule has 1 aromatic carbocycles. The maximum Gasteiger partial charge on any atom is 0.165 e. The second-order valence-electron chi connectivity index (χ2n) is 4.90. The average molecular weight is 239 g/mol. The number of rotatable bonds is 6. The first-order chi connectivity index (χ1) is 8.02. The third kappa shape index (κ3) is 4.73. The average Bonchev–Trinajstić information content (AvgIpc) is 2.25. The van der Waals surface area contributed by atoms with E-state index in [2.05, 4.69) is 13.8 Å². The number of halogens is 1. The summed E-state index contributed by atoms with van der Waals surface area (Å²) in [5.41, 5.74) is 6.97. The lowest BCUT2D eigenvalue weighted by atomic mass is 9.98. The molecule has 0 fully saturated rings. The maximum absolute atomic E-state index is 13.4. The van der Waals surface area contributed by atoms with Crippen LogP contribution < -0.4 is 10.5 Å². The summed E-state index contributed by atoms with van der Waals surface area (Å²) >= 11 is 0. The summed E-state index contributed by atoms with van der Waals surface area (Å²) in [6.45, 7) is 4.32. The molecule has 1 rings (SSSR count). The summed E-state index contributed by atoms with van der Waals surface area (Å²) in [6, 6.07) is 5.28. The molecule has 0 saturated carbocycles. The third-order valence-corrected chi connectivity index (χ3v) is 2.79. The minimum Gasteiger partial charge on any atom is -0.494 e. The first kappa shape index (κ1) is 14.0. The van der Waals surface area contributed by atoms with Crippen LogP contribution in [0.1, 0.15) is 32.3 Å². The Labute approximate surface area is 103 Å². The molecule has 17 heavy (non-hydrogen) atoms. The monoisotopic (exact) mass is 239 g/mol. The molecule has 2 nitrogen and oxygen atoms in total. The molecule has 0 aromatic heterocycles. The van der Waals surface area contributed by atoms with E-state index in [1.165, 1.54) is 13.2 Å². The molecule has 0 aliphatic carbocycles. The highest BCUT2D eigenvalue weighted by atomic mass is 19.1. The highest BCUT2D eigenvalue weighted by Gasteiger charge is 2.07. The number of ether oxygens (including phenoxy) is 1. The molecule has 1 unspecified atom stereocenters. The van der Waals surface area contributed by atoms with Crippen molar-refractivity contribution in [3.05, 3.63) is 29.6 Å². The smallest absolute Gasteiger partial charge is 0.165 e. The zero-order chi connectivity index (χ0) is 12.8. The zero-order valence-corrected chi connectivity index (χ0v) is 10.9. The molecule has 0 amide bonds. The second kappa shape index (κ2) is 6.60. The van der Waals surface area contributed by atoms with E-state index in [0.717, 1.165) is 24.8 Å². The molecule has 0 saturated heterocycles. The Bertz CT molecular complexity index is 352. The molecule has 96 valence electrons. The van der Waals surface area contributed by atoms with Crippen LogP contribution in [0.5, 0.6) is 5.75 Å². The molecular weight excluding hydrogens is 217 g/mol. The lowest BCUT2D eigenvalue weighted by Crippen LogP contribution is -2.22. The number of aryl methyl sites for hydroxylation is 1. The lowest BCUT2D eigenvalue weighted by molar-refractivity contribution is 0.386. The Morgan fingerprint density at radius 3 is 2.59 bits per heavy atom. The van der Waals surface area contributed by atoms with Crippen molar-refractivity contribution in [3.8, 4) is 5.75 Å². The quantitative estimate of drug-likeness (QED) is 0.827. The summed E-state index contributed by atoms with van der Waals surface area (Å²) in [5, 5.41) is 0. The van der Waals surface area contributed by atoms with E-state index in [4.69, 9.17) is 10.5 Å². The summed E-state index contributed by atoms with van der Waals surface area (Å²) in [7, 11) is 1.47. The van der Waals surface area contributed by atoms with Crippen LogP contribution >= 0.6 is 0 Å². The minimum absolute atomic E-state index is 0.195. The van der Waals surface area contributed by atoms with Crippen molar-refractivity contribution < 1.29 is 9.13 Å². The van der Waals surface area contributed by atoms with Crippen molar-refractivity contribution >= 4 is 0 Å². The third-order valence-electron chi connectivity index (χ3n) is 2.79. The Morgan fingerprint density at radius 2 is 2.06 bits per heavy atom. The molecule has 0 heterocycles. The van der Waals surface area contributed by atoms with Crippen molar-refractivity contribution in [1.29, 1.82) is 0 Å². The van der Waals surface area contributed by atoms with E-state index >= 15 is 0 Å². The molecule has 2 N–H and O–H groups in total. The van der Waals surface area contributed by atoms with Gasteiger partial charge in [0.2, 0.25) is 0 Å². The van der Waals surface area contributed by atoms with Gasteiger partial charge in [0.15, 0.2) is 11.6 Å². The molecular formula is C14H22FNO. The van der Waals surface area contributed by atoms with E-state index < -0.39 is 0 Å². The van der Waals surface area contributed by atoms with Crippen LogP contribution in [-0.4, -0.2) is 13.2 Å². The summed E-state index contributed by atoms with van der Waals surface area (Å²) in [5.74, 6) is 0.597. The Morgan fingerprint density at radius 1 is 1.35 bits per heavy atom. The molecule has 0 spiro atoms. The topological polar surface area (TPSA) is 35.2 Å². The van der Waals surface area contributed by atoms with Crippen molar-refractivity contribution in [2.75, 3.05) is 7.11 Å². The Balaban J connectivity index is 2.49. The van der Waals surface area contributed by atoms with Crippen LogP contribution in [0.2, 0.25) is 0 Å². The van der Waals surface area contributed by atoms with Gasteiger partial charge in [0, 0.05) is 6.04 Å². The summed E-state index contributed by atoms with van der Waals surface area (Å²) in [4.78, 5) is 0. The standard InChI is InChI=1S/C14H22FNO/c1-10(2)8-12(16)6-4-11-5-7-14(17-3)13(15)9-11/h5,7,9-10,12H,4,6,8,16H2,1-3H3. The second-order valence-corrected chi connectivity index (χ2v) is 4.90. The van der Waals surface area contributed by atoms with Crippen molar-refractivity contribution in [2.24, 2.45) is 11.7 Å². The molecule has 0 aliphatic heterocycles. The normalized spacial score (nSPS) is 12.8. The number of hydrogen-bond donors (Lipinski definition) is 1. The number of benzene rings is 1. The van der Waals surface area contributed by atoms with E-state index in [9.17, 15) is 4.39 Å². The van der Waals surface area contributed by atoms with Crippen molar-refractivity contribution in [1.82, 2.24) is 0 Å². The van der Waals surface area contributed by atoms with Gasteiger partial charge in [-0.15, -0.1) is 0 Å². The summed E-state index contributed by atoms with van der Waals surface area (Å²) < 4.78 is 18.3. The first-order valence-electron chi connectivity index (χ1n) is 6.11. The van der Waals surface area contributed by atoms with Crippen LogP contribution in [0.25, 0.3) is 0 Å². The van der Waals surface area contributed by atoms with Gasteiger partial charge in [0.1, 0.15) is 0 Å². The lowest BCUT2D eigenvalue weighted by Gasteiger charge is -2.14. The van der Waals surface area contributed by atoms with Crippen LogP contribution in [0.4, 0.5) is 4.39 Å². The Kier molecular flexibility index (Phi) is 5.42. The van der Waals surface area contributed by atoms with E-state index in [1.807, 2.05) is 6.07 Å². The fraction of sp³-hybridized carbons (Fsp3) is 0.571. The van der Waals surface area contributed by atoms with Crippen molar-refractivity contribution in [2.45, 2.75) is 39.2 Å². The van der Waals surface area contributed by atoms with Gasteiger partial charge in [-0.1, -0.05) is 19.9 Å². The first-order valence-corrected chi connectivity index (χ1v) is 6.11. The summed E-state index contributed by atoms with van der Waals surface area (Å²) in [6.07, 6.45) is 2.72. The molecule has 1 atom stereocenters. The van der Waals surface area contributed by atoms with E-state index in [-0.39, 0.29) is 11.9 Å². The molecule has 0 bridgehead atoms. The number of nitrogens with two attached hydrogens (primary N) is 1.